The third-order valence-corrected chi connectivity index (χ3v) is 4.95. The average Bonchev–Trinajstić information content (AvgIpc) is 2.83. The van der Waals surface area contributed by atoms with Crippen molar-refractivity contribution in [1.29, 1.82) is 0 Å². The Morgan fingerprint density at radius 2 is 2.35 bits per heavy atom. The lowest BCUT2D eigenvalue weighted by Crippen LogP contribution is -2.38. The van der Waals surface area contributed by atoms with E-state index in [1.165, 1.54) is 18.8 Å². The third kappa shape index (κ3) is 3.07. The van der Waals surface area contributed by atoms with Gasteiger partial charge >= 0.3 is 0 Å². The first-order valence-electron chi connectivity index (χ1n) is 6.13. The quantitative estimate of drug-likeness (QED) is 0.861. The van der Waals surface area contributed by atoms with Gasteiger partial charge in [0.2, 0.25) is 10.0 Å². The van der Waals surface area contributed by atoms with Gasteiger partial charge in [0.1, 0.15) is 4.90 Å². The zero-order valence-electron chi connectivity index (χ0n) is 10.0. The molecular weight excluding hydrogens is 238 g/mol. The predicted octanol–water partition coefficient (Wildman–Crippen LogP) is 1.66. The van der Waals surface area contributed by atoms with Gasteiger partial charge < -0.3 is 0 Å². The molecule has 1 saturated carbocycles. The maximum atomic E-state index is 12.0. The first-order chi connectivity index (χ1) is 8.12. The van der Waals surface area contributed by atoms with Crippen molar-refractivity contribution < 1.29 is 8.42 Å². The summed E-state index contributed by atoms with van der Waals surface area (Å²) in [6.45, 7) is 2.16. The lowest BCUT2D eigenvalue weighted by atomic mass is 9.85. The van der Waals surface area contributed by atoms with Crippen molar-refractivity contribution in [2.45, 2.75) is 50.0 Å². The molecule has 0 saturated heterocycles. The van der Waals surface area contributed by atoms with Crippen LogP contribution in [0.3, 0.4) is 0 Å². The number of nitrogens with one attached hydrogen (secondary N) is 2. The van der Waals surface area contributed by atoms with Crippen LogP contribution in [0.5, 0.6) is 0 Å². The van der Waals surface area contributed by atoms with Crippen molar-refractivity contribution in [1.82, 2.24) is 14.9 Å². The highest BCUT2D eigenvalue weighted by molar-refractivity contribution is 7.89. The summed E-state index contributed by atoms with van der Waals surface area (Å²) in [6.07, 6.45) is 8.09. The van der Waals surface area contributed by atoms with Crippen molar-refractivity contribution in [3.05, 3.63) is 12.4 Å². The lowest BCUT2D eigenvalue weighted by Gasteiger charge is -2.28. The molecule has 6 heteroatoms. The first-order valence-corrected chi connectivity index (χ1v) is 7.61. The highest BCUT2D eigenvalue weighted by Gasteiger charge is 2.26. The molecule has 1 aliphatic rings. The molecule has 1 fully saturated rings. The number of rotatable bonds is 4. The Balaban J connectivity index is 2.01. The van der Waals surface area contributed by atoms with Gasteiger partial charge in [-0.25, -0.2) is 13.1 Å². The molecule has 2 N–H and O–H groups in total. The molecule has 1 aliphatic carbocycles. The topological polar surface area (TPSA) is 74.8 Å². The van der Waals surface area contributed by atoms with Crippen LogP contribution in [-0.4, -0.2) is 24.7 Å². The summed E-state index contributed by atoms with van der Waals surface area (Å²) in [5.41, 5.74) is 0. The molecule has 0 amide bonds. The maximum Gasteiger partial charge on any atom is 0.243 e. The van der Waals surface area contributed by atoms with Crippen LogP contribution >= 0.6 is 0 Å². The Morgan fingerprint density at radius 1 is 1.53 bits per heavy atom. The van der Waals surface area contributed by atoms with E-state index in [-0.39, 0.29) is 10.9 Å². The molecule has 2 rings (SSSR count). The number of aromatic nitrogens is 2. The van der Waals surface area contributed by atoms with Crippen molar-refractivity contribution in [3.63, 3.8) is 0 Å². The summed E-state index contributed by atoms with van der Waals surface area (Å²) < 4.78 is 26.7. The van der Waals surface area contributed by atoms with Crippen LogP contribution in [0.15, 0.2) is 17.3 Å². The van der Waals surface area contributed by atoms with Crippen LogP contribution < -0.4 is 4.72 Å². The lowest BCUT2D eigenvalue weighted by molar-refractivity contribution is 0.301. The van der Waals surface area contributed by atoms with Crippen molar-refractivity contribution >= 4 is 10.0 Å². The van der Waals surface area contributed by atoms with Crippen LogP contribution in [0.4, 0.5) is 0 Å². The van der Waals surface area contributed by atoms with Crippen molar-refractivity contribution in [3.8, 4) is 0 Å². The highest BCUT2D eigenvalue weighted by Crippen LogP contribution is 2.27. The van der Waals surface area contributed by atoms with Crippen LogP contribution in [0.2, 0.25) is 0 Å². The number of sulfonamides is 1. The Kier molecular flexibility index (Phi) is 3.83. The number of nitrogens with zero attached hydrogens (tertiary/aromatic N) is 1. The smallest absolute Gasteiger partial charge is 0.243 e. The molecule has 96 valence electrons. The fraction of sp³-hybridized carbons (Fsp3) is 0.727. The predicted molar refractivity (Wildman–Crippen MR) is 64.9 cm³/mol. The maximum absolute atomic E-state index is 12.0. The molecule has 2 unspecified atom stereocenters. The summed E-state index contributed by atoms with van der Waals surface area (Å²) in [5, 5.41) is 6.19. The van der Waals surface area contributed by atoms with Gasteiger partial charge in [-0.3, -0.25) is 5.10 Å². The number of hydrogen-bond acceptors (Lipinski definition) is 3. The minimum Gasteiger partial charge on any atom is -0.284 e. The van der Waals surface area contributed by atoms with Crippen molar-refractivity contribution in [2.75, 3.05) is 0 Å². The van der Waals surface area contributed by atoms with E-state index in [0.717, 1.165) is 25.7 Å². The van der Waals surface area contributed by atoms with E-state index < -0.39 is 10.0 Å². The summed E-state index contributed by atoms with van der Waals surface area (Å²) in [4.78, 5) is 0.219. The molecule has 2 atom stereocenters. The molecule has 1 aromatic heterocycles. The van der Waals surface area contributed by atoms with Gasteiger partial charge in [-0.05, 0) is 18.8 Å². The second-order valence-corrected chi connectivity index (χ2v) is 6.41. The van der Waals surface area contributed by atoms with Gasteiger partial charge in [0.25, 0.3) is 0 Å². The van der Waals surface area contributed by atoms with E-state index in [1.54, 1.807) is 0 Å². The molecular formula is C11H19N3O2S. The second-order valence-electron chi connectivity index (χ2n) is 4.69. The Hall–Kier alpha value is -0.880. The fourth-order valence-electron chi connectivity index (χ4n) is 2.44. The Morgan fingerprint density at radius 3 is 3.00 bits per heavy atom. The Bertz CT molecular complexity index is 441. The average molecular weight is 257 g/mol. The molecule has 0 aromatic carbocycles. The minimum absolute atomic E-state index is 0.0774. The van der Waals surface area contributed by atoms with Crippen LogP contribution in [0.1, 0.15) is 39.0 Å². The molecule has 1 aromatic rings. The third-order valence-electron chi connectivity index (χ3n) is 3.47. The van der Waals surface area contributed by atoms with E-state index in [9.17, 15) is 8.42 Å². The molecule has 0 aliphatic heterocycles. The van der Waals surface area contributed by atoms with E-state index >= 15 is 0 Å². The Labute approximate surface area is 102 Å². The molecule has 1 heterocycles. The zero-order chi connectivity index (χ0) is 12.3. The standard InChI is InChI=1S/C11H19N3O2S/c1-2-9-4-3-5-10(6-9)14-17(15,16)11-7-12-13-8-11/h7-10,14H,2-6H2,1H3,(H,12,13). The van der Waals surface area contributed by atoms with E-state index in [0.29, 0.717) is 5.92 Å². The molecule has 17 heavy (non-hydrogen) atoms. The number of aromatic amines is 1. The first kappa shape index (κ1) is 12.6. The summed E-state index contributed by atoms with van der Waals surface area (Å²) in [6, 6.07) is 0.0774. The van der Waals surface area contributed by atoms with E-state index in [2.05, 4.69) is 21.8 Å². The number of hydrogen-bond donors (Lipinski definition) is 2. The molecule has 0 radical (unpaired) electrons. The van der Waals surface area contributed by atoms with Gasteiger partial charge in [0.05, 0.1) is 6.20 Å². The highest BCUT2D eigenvalue weighted by atomic mass is 32.2. The van der Waals surface area contributed by atoms with Crippen LogP contribution in [-0.2, 0) is 10.0 Å². The summed E-state index contributed by atoms with van der Waals surface area (Å²) >= 11 is 0. The van der Waals surface area contributed by atoms with Gasteiger partial charge in [-0.15, -0.1) is 0 Å². The van der Waals surface area contributed by atoms with E-state index in [4.69, 9.17) is 0 Å². The van der Waals surface area contributed by atoms with Gasteiger partial charge in [-0.2, -0.15) is 5.10 Å². The van der Waals surface area contributed by atoms with Crippen LogP contribution in [0, 0.1) is 5.92 Å². The minimum atomic E-state index is -3.39. The van der Waals surface area contributed by atoms with Crippen LogP contribution in [0.25, 0.3) is 0 Å². The van der Waals surface area contributed by atoms with Gasteiger partial charge in [-0.1, -0.05) is 26.2 Å². The number of H-pyrrole nitrogens is 1. The normalized spacial score (nSPS) is 25.9. The molecule has 5 nitrogen and oxygen atoms in total. The zero-order valence-corrected chi connectivity index (χ0v) is 10.8. The summed E-state index contributed by atoms with van der Waals surface area (Å²) in [5.74, 6) is 0.654. The largest absolute Gasteiger partial charge is 0.284 e. The molecule has 0 bridgehead atoms. The van der Waals surface area contributed by atoms with Crippen molar-refractivity contribution in [2.24, 2.45) is 5.92 Å². The monoisotopic (exact) mass is 257 g/mol. The van der Waals surface area contributed by atoms with Gasteiger partial charge in [0.15, 0.2) is 0 Å². The SMILES string of the molecule is CCC1CCCC(NS(=O)(=O)c2cn[nH]c2)C1. The van der Waals surface area contributed by atoms with Gasteiger partial charge in [0, 0.05) is 12.2 Å². The second kappa shape index (κ2) is 5.18. The fourth-order valence-corrected chi connectivity index (χ4v) is 3.63. The molecule has 0 spiro atoms. The summed E-state index contributed by atoms with van der Waals surface area (Å²) in [7, 11) is -3.39. The van der Waals surface area contributed by atoms with E-state index in [1.807, 2.05) is 0 Å².